The number of rotatable bonds is 7. The summed E-state index contributed by atoms with van der Waals surface area (Å²) in [5, 5.41) is 2.58. The molecule has 0 aromatic rings. The van der Waals surface area contributed by atoms with Crippen molar-refractivity contribution < 1.29 is 19.2 Å². The lowest BCUT2D eigenvalue weighted by Gasteiger charge is -2.07. The van der Waals surface area contributed by atoms with Crippen LogP contribution in [0.25, 0.3) is 0 Å². The van der Waals surface area contributed by atoms with Crippen molar-refractivity contribution in [3.05, 3.63) is 24.8 Å². The molecule has 110 valence electrons. The molecule has 6 heteroatoms. The van der Waals surface area contributed by atoms with Crippen LogP contribution in [-0.4, -0.2) is 32.3 Å². The van der Waals surface area contributed by atoms with Gasteiger partial charge in [0.05, 0.1) is 13.7 Å². The van der Waals surface area contributed by atoms with Gasteiger partial charge in [-0.05, 0) is 18.9 Å². The first-order valence-corrected chi connectivity index (χ1v) is 5.81. The largest absolute Gasteiger partial charge is 0.361 e. The molecule has 2 amide bonds. The van der Waals surface area contributed by atoms with Crippen LogP contribution < -0.4 is 10.8 Å². The van der Waals surface area contributed by atoms with E-state index in [0.717, 1.165) is 6.08 Å². The van der Waals surface area contributed by atoms with E-state index in [-0.39, 0.29) is 18.5 Å². The first-order valence-electron chi connectivity index (χ1n) is 5.81. The highest BCUT2D eigenvalue weighted by Gasteiger charge is 1.99. The Morgan fingerprint density at radius 3 is 2.26 bits per heavy atom. The van der Waals surface area contributed by atoms with E-state index in [1.54, 1.807) is 6.92 Å². The third-order valence-electron chi connectivity index (χ3n) is 1.56. The van der Waals surface area contributed by atoms with E-state index in [1.807, 2.05) is 5.48 Å². The lowest BCUT2D eigenvalue weighted by Crippen LogP contribution is -2.27. The lowest BCUT2D eigenvalue weighted by molar-refractivity contribution is -0.126. The van der Waals surface area contributed by atoms with Gasteiger partial charge in [0.15, 0.2) is 0 Å². The lowest BCUT2D eigenvalue weighted by atomic mass is 10.2. The number of carbonyl (C=O) groups is 2. The van der Waals surface area contributed by atoms with Crippen molar-refractivity contribution in [3.8, 4) is 0 Å². The molecule has 0 aromatic carbocycles. The average molecular weight is 272 g/mol. The van der Waals surface area contributed by atoms with Gasteiger partial charge in [0.25, 0.3) is 5.91 Å². The number of hydrogen-bond acceptors (Lipinski definition) is 4. The molecule has 0 aliphatic carbocycles. The zero-order valence-electron chi connectivity index (χ0n) is 12.1. The summed E-state index contributed by atoms with van der Waals surface area (Å²) >= 11 is 0. The molecule has 0 aliphatic rings. The summed E-state index contributed by atoms with van der Waals surface area (Å²) in [6.45, 7) is 13.4. The maximum atomic E-state index is 10.9. The molecule has 19 heavy (non-hydrogen) atoms. The topological polar surface area (TPSA) is 76.7 Å². The molecule has 0 saturated carbocycles. The fraction of sp³-hybridized carbons (Fsp3) is 0.538. The quantitative estimate of drug-likeness (QED) is 0.315. The highest BCUT2D eigenvalue weighted by atomic mass is 16.6. The molecule has 0 saturated heterocycles. The maximum absolute atomic E-state index is 10.9. The molecule has 0 heterocycles. The molecule has 0 unspecified atom stereocenters. The van der Waals surface area contributed by atoms with Crippen LogP contribution in [0.4, 0.5) is 0 Å². The number of carbonyl (C=O) groups excluding carboxylic acids is 2. The Morgan fingerprint density at radius 2 is 1.95 bits per heavy atom. The van der Waals surface area contributed by atoms with Crippen molar-refractivity contribution in [2.75, 3.05) is 20.4 Å². The third kappa shape index (κ3) is 16.3. The standard InChI is InChI=1S/C9H17NO2.C4H7NO2/c1-7(2)5-12-6-10-9(11)8(3)4;1-3-4(6)5-7-2/h7H,3,5-6H2,1-2,4H3,(H,10,11);3H,1H2,2H3,(H,5,6). The predicted octanol–water partition coefficient (Wildman–Crippen LogP) is 1.16. The predicted molar refractivity (Wildman–Crippen MR) is 74.0 cm³/mol. The van der Waals surface area contributed by atoms with Gasteiger partial charge in [-0.1, -0.05) is 27.0 Å². The van der Waals surface area contributed by atoms with Gasteiger partial charge in [0.1, 0.15) is 6.73 Å². The summed E-state index contributed by atoms with van der Waals surface area (Å²) in [7, 11) is 1.36. The zero-order chi connectivity index (χ0) is 15.3. The summed E-state index contributed by atoms with van der Waals surface area (Å²) in [5.74, 6) is 0.00739. The molecule has 0 aromatic heterocycles. The monoisotopic (exact) mass is 272 g/mol. The Morgan fingerprint density at radius 1 is 1.37 bits per heavy atom. The number of hydrogen-bond donors (Lipinski definition) is 2. The molecule has 0 bridgehead atoms. The molecule has 2 N–H and O–H groups in total. The fourth-order valence-electron chi connectivity index (χ4n) is 0.704. The van der Waals surface area contributed by atoms with E-state index in [9.17, 15) is 9.59 Å². The fourth-order valence-corrected chi connectivity index (χ4v) is 0.704. The Bertz CT molecular complexity index is 301. The Hall–Kier alpha value is -1.66. The summed E-state index contributed by atoms with van der Waals surface area (Å²) in [6.07, 6.45) is 1.13. The van der Waals surface area contributed by atoms with Crippen LogP contribution in [-0.2, 0) is 19.2 Å². The second kappa shape index (κ2) is 12.8. The zero-order valence-corrected chi connectivity index (χ0v) is 12.1. The minimum atomic E-state index is -0.331. The van der Waals surface area contributed by atoms with E-state index in [0.29, 0.717) is 18.1 Å². The molecule has 0 aliphatic heterocycles. The van der Waals surface area contributed by atoms with Crippen molar-refractivity contribution >= 4 is 11.8 Å². The molecular formula is C13H24N2O4. The van der Waals surface area contributed by atoms with E-state index in [4.69, 9.17) is 4.74 Å². The second-order valence-electron chi connectivity index (χ2n) is 4.07. The number of nitrogens with one attached hydrogen (secondary N) is 2. The van der Waals surface area contributed by atoms with Gasteiger partial charge in [-0.25, -0.2) is 5.48 Å². The van der Waals surface area contributed by atoms with Crippen LogP contribution in [0.2, 0.25) is 0 Å². The Balaban J connectivity index is 0. The van der Waals surface area contributed by atoms with Crippen LogP contribution in [0.15, 0.2) is 24.8 Å². The molecule has 0 spiro atoms. The van der Waals surface area contributed by atoms with Gasteiger partial charge in [-0.15, -0.1) is 0 Å². The molecule has 0 atom stereocenters. The van der Waals surface area contributed by atoms with E-state index >= 15 is 0 Å². The van der Waals surface area contributed by atoms with E-state index < -0.39 is 0 Å². The summed E-state index contributed by atoms with van der Waals surface area (Å²) < 4.78 is 5.14. The Kier molecular flexibility index (Phi) is 13.2. The summed E-state index contributed by atoms with van der Waals surface area (Å²) in [5.41, 5.74) is 2.54. The smallest absolute Gasteiger partial charge is 0.266 e. The molecule has 0 radical (unpaired) electrons. The van der Waals surface area contributed by atoms with Crippen LogP contribution >= 0.6 is 0 Å². The molecule has 0 rings (SSSR count). The summed E-state index contributed by atoms with van der Waals surface area (Å²) in [4.78, 5) is 25.2. The number of hydroxylamine groups is 1. The number of amides is 2. The highest BCUT2D eigenvalue weighted by Crippen LogP contribution is 1.91. The first kappa shape index (κ1) is 19.7. The van der Waals surface area contributed by atoms with Crippen molar-refractivity contribution in [2.45, 2.75) is 20.8 Å². The van der Waals surface area contributed by atoms with Crippen molar-refractivity contribution in [1.82, 2.24) is 10.8 Å². The Labute approximate surface area is 114 Å². The van der Waals surface area contributed by atoms with Crippen LogP contribution in [0, 0.1) is 5.92 Å². The minimum Gasteiger partial charge on any atom is -0.361 e. The van der Waals surface area contributed by atoms with Gasteiger partial charge >= 0.3 is 0 Å². The number of ether oxygens (including phenoxy) is 1. The first-order chi connectivity index (χ1) is 8.84. The van der Waals surface area contributed by atoms with E-state index in [2.05, 4.69) is 37.2 Å². The highest BCUT2D eigenvalue weighted by molar-refractivity contribution is 5.91. The minimum absolute atomic E-state index is 0.154. The van der Waals surface area contributed by atoms with Gasteiger partial charge < -0.3 is 10.1 Å². The van der Waals surface area contributed by atoms with Gasteiger partial charge in [0, 0.05) is 5.57 Å². The average Bonchev–Trinajstić information content (AvgIpc) is 2.35. The van der Waals surface area contributed by atoms with Crippen LogP contribution in [0.3, 0.4) is 0 Å². The second-order valence-corrected chi connectivity index (χ2v) is 4.07. The SMILES string of the molecule is C=C(C)C(=O)NCOCC(C)C.C=CC(=O)NOC. The van der Waals surface area contributed by atoms with Crippen molar-refractivity contribution in [1.29, 1.82) is 0 Å². The van der Waals surface area contributed by atoms with Crippen molar-refractivity contribution in [2.24, 2.45) is 5.92 Å². The molecule has 0 fully saturated rings. The molecular weight excluding hydrogens is 248 g/mol. The van der Waals surface area contributed by atoms with Gasteiger partial charge in [-0.2, -0.15) is 0 Å². The van der Waals surface area contributed by atoms with Crippen molar-refractivity contribution in [3.63, 3.8) is 0 Å². The summed E-state index contributed by atoms with van der Waals surface area (Å²) in [6, 6.07) is 0. The van der Waals surface area contributed by atoms with Crippen LogP contribution in [0.1, 0.15) is 20.8 Å². The van der Waals surface area contributed by atoms with Crippen LogP contribution in [0.5, 0.6) is 0 Å². The maximum Gasteiger partial charge on any atom is 0.266 e. The molecule has 6 nitrogen and oxygen atoms in total. The third-order valence-corrected chi connectivity index (χ3v) is 1.56. The van der Waals surface area contributed by atoms with Gasteiger partial charge in [0.2, 0.25) is 5.91 Å². The normalized spacial score (nSPS) is 9.11. The van der Waals surface area contributed by atoms with E-state index in [1.165, 1.54) is 7.11 Å². The van der Waals surface area contributed by atoms with Gasteiger partial charge in [-0.3, -0.25) is 14.4 Å².